The number of ether oxygens (including phenoxy) is 3. The predicted octanol–water partition coefficient (Wildman–Crippen LogP) is 2.03. The van der Waals surface area contributed by atoms with Gasteiger partial charge in [0.2, 0.25) is 5.88 Å². The molecule has 166 valence electrons. The van der Waals surface area contributed by atoms with E-state index in [1.54, 1.807) is 6.07 Å². The van der Waals surface area contributed by atoms with Gasteiger partial charge in [0.15, 0.2) is 0 Å². The van der Waals surface area contributed by atoms with Gasteiger partial charge in [0, 0.05) is 25.2 Å². The molecule has 1 saturated heterocycles. The zero-order valence-corrected chi connectivity index (χ0v) is 15.1. The van der Waals surface area contributed by atoms with Gasteiger partial charge in [-0.15, -0.1) is 0 Å². The summed E-state index contributed by atoms with van der Waals surface area (Å²) < 4.78 is 89.3. The number of aromatic nitrogens is 1. The molecule has 0 unspecified atom stereocenters. The molecule has 2 aliphatic heterocycles. The fourth-order valence-electron chi connectivity index (χ4n) is 2.87. The number of pyridine rings is 1. The van der Waals surface area contributed by atoms with E-state index in [2.05, 4.69) is 19.8 Å². The van der Waals surface area contributed by atoms with Gasteiger partial charge in [0.1, 0.15) is 12.4 Å². The van der Waals surface area contributed by atoms with E-state index in [9.17, 15) is 35.9 Å². The molecule has 0 aromatic carbocycles. The Hall–Kier alpha value is -2.77. The Balaban J connectivity index is 1.96. The number of carbonyl (C=O) groups excluding carboxylic acids is 2. The van der Waals surface area contributed by atoms with E-state index in [1.807, 2.05) is 4.90 Å². The lowest BCUT2D eigenvalue weighted by molar-refractivity contribution is -0.331. The second kappa shape index (κ2) is 7.81. The minimum Gasteiger partial charge on any atom is -0.401 e. The van der Waals surface area contributed by atoms with Crippen LogP contribution in [-0.4, -0.2) is 54.9 Å². The smallest absolute Gasteiger partial charge is 0.401 e. The van der Waals surface area contributed by atoms with Gasteiger partial charge in [-0.2, -0.15) is 31.3 Å². The highest BCUT2D eigenvalue weighted by Gasteiger charge is 2.55. The van der Waals surface area contributed by atoms with E-state index < -0.39 is 42.7 Å². The fraction of sp³-hybridized carbons (Fsp3) is 0.562. The van der Waals surface area contributed by atoms with Crippen LogP contribution in [0.25, 0.3) is 0 Å². The first-order chi connectivity index (χ1) is 13.9. The van der Waals surface area contributed by atoms with Crippen LogP contribution >= 0.6 is 0 Å². The minimum atomic E-state index is -5.58. The average molecular weight is 443 g/mol. The maximum Gasteiger partial charge on any atom is 0.491 e. The molecule has 1 aromatic heterocycles. The second-order valence-electron chi connectivity index (χ2n) is 6.49. The third kappa shape index (κ3) is 4.86. The molecule has 0 spiro atoms. The quantitative estimate of drug-likeness (QED) is 0.431. The molecule has 3 heterocycles. The van der Waals surface area contributed by atoms with Crippen LogP contribution in [-0.2, 0) is 25.6 Å². The SMILES string of the molecule is O=C(OC1(OC(=O)C(F)(F)F)CNCc2ccc(N3CCCC3)nc2O1)C(F)(F)F. The number of nitrogens with zero attached hydrogens (tertiary/aromatic N) is 2. The van der Waals surface area contributed by atoms with Crippen molar-refractivity contribution in [3.05, 3.63) is 17.7 Å². The van der Waals surface area contributed by atoms with Crippen molar-refractivity contribution in [3.8, 4) is 5.88 Å². The summed E-state index contributed by atoms with van der Waals surface area (Å²) in [6.45, 7) is 0.159. The van der Waals surface area contributed by atoms with Crippen LogP contribution in [0, 0.1) is 0 Å². The van der Waals surface area contributed by atoms with Gasteiger partial charge in [-0.25, -0.2) is 9.59 Å². The number of hydrogen-bond acceptors (Lipinski definition) is 8. The molecule has 0 amide bonds. The number of alkyl halides is 6. The zero-order chi connectivity index (χ0) is 22.2. The van der Waals surface area contributed by atoms with Gasteiger partial charge in [-0.3, -0.25) is 0 Å². The minimum absolute atomic E-state index is 0.114. The van der Waals surface area contributed by atoms with E-state index in [1.165, 1.54) is 6.07 Å². The standard InChI is InChI=1S/C16H15F6N3O5/c17-15(18,19)12(26)29-14(30-13(27)16(20,21)22)8-23-7-9-3-4-10(24-11(9)28-14)25-5-1-2-6-25/h3-4,23H,1-2,5-8H2. The first-order valence-corrected chi connectivity index (χ1v) is 8.65. The molecule has 0 saturated carbocycles. The molecular weight excluding hydrogens is 428 g/mol. The van der Waals surface area contributed by atoms with Crippen LogP contribution in [0.3, 0.4) is 0 Å². The van der Waals surface area contributed by atoms with E-state index in [0.717, 1.165) is 12.8 Å². The van der Waals surface area contributed by atoms with E-state index in [4.69, 9.17) is 4.74 Å². The number of nitrogens with one attached hydrogen (secondary N) is 1. The molecule has 1 N–H and O–H groups in total. The Morgan fingerprint density at radius 1 is 1.03 bits per heavy atom. The Bertz CT molecular complexity index is 795. The van der Waals surface area contributed by atoms with Crippen LogP contribution in [0.1, 0.15) is 18.4 Å². The Morgan fingerprint density at radius 2 is 1.60 bits per heavy atom. The van der Waals surface area contributed by atoms with Gasteiger partial charge >= 0.3 is 30.3 Å². The Labute approximate surface area is 165 Å². The highest BCUT2D eigenvalue weighted by Crippen LogP contribution is 2.33. The highest BCUT2D eigenvalue weighted by atomic mass is 19.4. The summed E-state index contributed by atoms with van der Waals surface area (Å²) in [4.78, 5) is 28.6. The third-order valence-corrected chi connectivity index (χ3v) is 4.22. The molecule has 0 radical (unpaired) electrons. The number of halogens is 6. The molecule has 8 nitrogen and oxygen atoms in total. The molecule has 3 rings (SSSR count). The van der Waals surface area contributed by atoms with Crippen molar-refractivity contribution in [2.45, 2.75) is 37.7 Å². The largest absolute Gasteiger partial charge is 0.491 e. The Morgan fingerprint density at radius 3 is 2.13 bits per heavy atom. The van der Waals surface area contributed by atoms with E-state index in [-0.39, 0.29) is 12.1 Å². The van der Waals surface area contributed by atoms with Crippen LogP contribution < -0.4 is 15.0 Å². The summed E-state index contributed by atoms with van der Waals surface area (Å²) in [5, 5.41) is 2.43. The topological polar surface area (TPSA) is 90.0 Å². The van der Waals surface area contributed by atoms with Gasteiger partial charge in [-0.05, 0) is 25.0 Å². The summed E-state index contributed by atoms with van der Waals surface area (Å²) >= 11 is 0. The van der Waals surface area contributed by atoms with Gasteiger partial charge < -0.3 is 24.4 Å². The fourth-order valence-corrected chi connectivity index (χ4v) is 2.87. The molecule has 2 aliphatic rings. The maximum atomic E-state index is 12.7. The molecule has 14 heteroatoms. The van der Waals surface area contributed by atoms with E-state index in [0.29, 0.717) is 18.9 Å². The lowest BCUT2D eigenvalue weighted by Crippen LogP contribution is -2.55. The number of anilines is 1. The summed E-state index contributed by atoms with van der Waals surface area (Å²) in [7, 11) is 0. The molecule has 1 aromatic rings. The molecule has 1 fully saturated rings. The number of rotatable bonds is 3. The molecule has 0 bridgehead atoms. The van der Waals surface area contributed by atoms with E-state index >= 15 is 0 Å². The molecule has 0 atom stereocenters. The normalized spacial score (nSPS) is 18.8. The number of esters is 2. The van der Waals surface area contributed by atoms with Gasteiger partial charge in [0.25, 0.3) is 0 Å². The lowest BCUT2D eigenvalue weighted by Gasteiger charge is -2.31. The van der Waals surface area contributed by atoms with Crippen molar-refractivity contribution in [3.63, 3.8) is 0 Å². The van der Waals surface area contributed by atoms with Crippen LogP contribution in [0.2, 0.25) is 0 Å². The number of carbonyl (C=O) groups is 2. The summed E-state index contributed by atoms with van der Waals surface area (Å²) in [5.74, 6) is -9.27. The Kier molecular flexibility index (Phi) is 5.71. The van der Waals surface area contributed by atoms with Crippen molar-refractivity contribution in [1.29, 1.82) is 0 Å². The number of hydrogen-bond donors (Lipinski definition) is 1. The summed E-state index contributed by atoms with van der Waals surface area (Å²) in [6.07, 6.45) is -9.42. The predicted molar refractivity (Wildman–Crippen MR) is 85.0 cm³/mol. The van der Waals surface area contributed by atoms with Crippen molar-refractivity contribution in [1.82, 2.24) is 10.3 Å². The first kappa shape index (κ1) is 21.9. The van der Waals surface area contributed by atoms with Crippen molar-refractivity contribution in [2.24, 2.45) is 0 Å². The lowest BCUT2D eigenvalue weighted by atomic mass is 10.2. The van der Waals surface area contributed by atoms with Crippen molar-refractivity contribution < 1.29 is 50.1 Å². The highest BCUT2D eigenvalue weighted by molar-refractivity contribution is 5.78. The van der Waals surface area contributed by atoms with Gasteiger partial charge in [0.05, 0.1) is 0 Å². The first-order valence-electron chi connectivity index (χ1n) is 8.65. The summed E-state index contributed by atoms with van der Waals surface area (Å²) in [5.41, 5.74) is 0.242. The average Bonchev–Trinajstić information content (AvgIpc) is 3.10. The van der Waals surface area contributed by atoms with Crippen LogP contribution in [0.4, 0.5) is 32.2 Å². The zero-order valence-electron chi connectivity index (χ0n) is 15.1. The van der Waals surface area contributed by atoms with Gasteiger partial charge in [-0.1, -0.05) is 0 Å². The number of fused-ring (bicyclic) bond motifs is 1. The summed E-state index contributed by atoms with van der Waals surface area (Å²) in [6, 6.07) is 3.10. The van der Waals surface area contributed by atoms with Crippen LogP contribution in [0.15, 0.2) is 12.1 Å². The third-order valence-electron chi connectivity index (χ3n) is 4.22. The van der Waals surface area contributed by atoms with Crippen molar-refractivity contribution >= 4 is 17.8 Å². The molecular formula is C16H15F6N3O5. The second-order valence-corrected chi connectivity index (χ2v) is 6.49. The monoisotopic (exact) mass is 443 g/mol. The van der Waals surface area contributed by atoms with Crippen LogP contribution in [0.5, 0.6) is 5.88 Å². The van der Waals surface area contributed by atoms with Crippen molar-refractivity contribution in [2.75, 3.05) is 24.5 Å². The molecule has 30 heavy (non-hydrogen) atoms. The molecule has 0 aliphatic carbocycles. The maximum absolute atomic E-state index is 12.7.